The largest absolute Gasteiger partial charge is 0.462 e. The Hall–Kier alpha value is -1.95. The van der Waals surface area contributed by atoms with E-state index < -0.39 is 12.2 Å². The van der Waals surface area contributed by atoms with E-state index in [0.717, 1.165) is 24.8 Å². The first-order valence-electron chi connectivity index (χ1n) is 13.1. The van der Waals surface area contributed by atoms with Gasteiger partial charge in [0.1, 0.15) is 12.2 Å². The number of ether oxygens (including phenoxy) is 2. The molecule has 6 heteroatoms. The third kappa shape index (κ3) is 4.52. The summed E-state index contributed by atoms with van der Waals surface area (Å²) in [5.41, 5.74) is 1.07. The van der Waals surface area contributed by atoms with Crippen LogP contribution in [0, 0.1) is 34.0 Å². The Morgan fingerprint density at radius 1 is 1.00 bits per heavy atom. The molecular weight excluding hydrogens is 444 g/mol. The van der Waals surface area contributed by atoms with Crippen molar-refractivity contribution in [2.45, 2.75) is 105 Å². The van der Waals surface area contributed by atoms with Gasteiger partial charge in [-0.05, 0) is 60.5 Å². The van der Waals surface area contributed by atoms with E-state index in [1.165, 1.54) is 13.8 Å². The van der Waals surface area contributed by atoms with Gasteiger partial charge in [0.15, 0.2) is 5.78 Å². The number of Topliss-reactive ketones (excluding diaryl/α,β-unsaturated/α-hetero) is 1. The summed E-state index contributed by atoms with van der Waals surface area (Å²) in [5.74, 6) is -0.718. The van der Waals surface area contributed by atoms with E-state index in [1.54, 1.807) is 13.0 Å². The van der Waals surface area contributed by atoms with Crippen molar-refractivity contribution in [2.24, 2.45) is 34.0 Å². The van der Waals surface area contributed by atoms with Gasteiger partial charge in [-0.3, -0.25) is 14.4 Å². The van der Waals surface area contributed by atoms with Gasteiger partial charge in [0, 0.05) is 38.0 Å². The Balaban J connectivity index is 1.76. The van der Waals surface area contributed by atoms with E-state index in [4.69, 9.17) is 9.47 Å². The Labute approximate surface area is 209 Å². The maximum atomic E-state index is 12.7. The van der Waals surface area contributed by atoms with Crippen molar-refractivity contribution in [1.82, 2.24) is 0 Å². The number of hydrogen-bond donors (Lipinski definition) is 1. The lowest BCUT2D eigenvalue weighted by Crippen LogP contribution is -2.64. The fraction of sp³-hybridized carbons (Fsp3) is 0.759. The molecule has 0 spiro atoms. The number of aliphatic hydroxyl groups excluding tert-OH is 1. The topological polar surface area (TPSA) is 89.9 Å². The van der Waals surface area contributed by atoms with Crippen LogP contribution in [0.1, 0.15) is 87.0 Å². The van der Waals surface area contributed by atoms with E-state index in [0.29, 0.717) is 18.4 Å². The summed E-state index contributed by atoms with van der Waals surface area (Å²) >= 11 is 0. The summed E-state index contributed by atoms with van der Waals surface area (Å²) in [6.07, 6.45) is 7.04. The molecule has 4 rings (SSSR count). The molecule has 4 aliphatic carbocycles. The normalized spacial score (nSPS) is 42.7. The Morgan fingerprint density at radius 3 is 2.29 bits per heavy atom. The zero-order valence-corrected chi connectivity index (χ0v) is 22.3. The van der Waals surface area contributed by atoms with Crippen molar-refractivity contribution < 1.29 is 29.0 Å². The number of fused-ring (bicyclic) bond motifs is 3. The predicted octanol–water partition coefficient (Wildman–Crippen LogP) is 4.93. The lowest BCUT2D eigenvalue weighted by molar-refractivity contribution is -0.220. The van der Waals surface area contributed by atoms with Gasteiger partial charge >= 0.3 is 11.9 Å². The maximum Gasteiger partial charge on any atom is 0.303 e. The summed E-state index contributed by atoms with van der Waals surface area (Å²) in [5, 5.41) is 11.7. The standard InChI is InChI=1S/C29H42O6/c1-16-11-23(34-17(2)30)20(13-21(16)32)19-12-22(33)25-28(6,14-19)15-24(35-18(3)31)26-27(4,5)9-8-10-29(25,26)7/h11-12,20,22-26,33H,8-10,13-15H2,1-7H3/t20-,22-,23-,24+,25+,26+,28-,29-/m1/s1. The van der Waals surface area contributed by atoms with Crippen LogP contribution in [0.4, 0.5) is 0 Å². The molecule has 0 bridgehead atoms. The number of aliphatic hydroxyl groups is 1. The monoisotopic (exact) mass is 486 g/mol. The summed E-state index contributed by atoms with van der Waals surface area (Å²) < 4.78 is 11.7. The van der Waals surface area contributed by atoms with Gasteiger partial charge in [-0.1, -0.05) is 45.8 Å². The van der Waals surface area contributed by atoms with Crippen molar-refractivity contribution in [1.29, 1.82) is 0 Å². The fourth-order valence-electron chi connectivity index (χ4n) is 8.89. The summed E-state index contributed by atoms with van der Waals surface area (Å²) in [7, 11) is 0. The first-order chi connectivity index (χ1) is 16.2. The minimum absolute atomic E-state index is 0.00328. The van der Waals surface area contributed by atoms with Crippen molar-refractivity contribution in [3.8, 4) is 0 Å². The molecule has 0 aromatic heterocycles. The van der Waals surface area contributed by atoms with Crippen LogP contribution in [-0.2, 0) is 23.9 Å². The van der Waals surface area contributed by atoms with Gasteiger partial charge in [-0.25, -0.2) is 0 Å². The highest BCUT2D eigenvalue weighted by Gasteiger charge is 2.65. The minimum Gasteiger partial charge on any atom is -0.462 e. The summed E-state index contributed by atoms with van der Waals surface area (Å²) in [6.45, 7) is 13.7. The lowest BCUT2D eigenvalue weighted by atomic mass is 9.40. The van der Waals surface area contributed by atoms with Crippen molar-refractivity contribution in [2.75, 3.05) is 0 Å². The average molecular weight is 487 g/mol. The van der Waals surface area contributed by atoms with Crippen molar-refractivity contribution in [3.63, 3.8) is 0 Å². The molecular formula is C29H42O6. The molecule has 1 N–H and O–H groups in total. The number of hydrogen-bond acceptors (Lipinski definition) is 6. The quantitative estimate of drug-likeness (QED) is 0.449. The van der Waals surface area contributed by atoms with Crippen LogP contribution in [0.15, 0.2) is 23.3 Å². The molecule has 0 aromatic carbocycles. The third-order valence-corrected chi connectivity index (χ3v) is 9.68. The maximum absolute atomic E-state index is 12.7. The molecule has 8 atom stereocenters. The van der Waals surface area contributed by atoms with Crippen LogP contribution in [0.3, 0.4) is 0 Å². The highest BCUT2D eigenvalue weighted by molar-refractivity contribution is 5.96. The summed E-state index contributed by atoms with van der Waals surface area (Å²) in [6, 6.07) is 0. The molecule has 0 aromatic rings. The van der Waals surface area contributed by atoms with E-state index in [-0.39, 0.29) is 64.2 Å². The SMILES string of the molecule is CC(=O)O[C@H]1C[C@@]2(C)CC([C@H]3CC(=O)C(C)=C[C@H]3OC(C)=O)=C[C@@H](O)[C@@H]2[C@@]2(C)CCCC(C)(C)[C@H]12. The molecule has 0 aliphatic heterocycles. The molecule has 6 nitrogen and oxygen atoms in total. The molecule has 2 saturated carbocycles. The van der Waals surface area contributed by atoms with Crippen LogP contribution in [0.2, 0.25) is 0 Å². The molecule has 2 fully saturated rings. The highest BCUT2D eigenvalue weighted by Crippen LogP contribution is 2.68. The van der Waals surface area contributed by atoms with Crippen LogP contribution >= 0.6 is 0 Å². The Bertz CT molecular complexity index is 976. The molecule has 0 heterocycles. The fourth-order valence-corrected chi connectivity index (χ4v) is 8.89. The van der Waals surface area contributed by atoms with Crippen molar-refractivity contribution >= 4 is 17.7 Å². The zero-order valence-electron chi connectivity index (χ0n) is 22.3. The second-order valence-electron chi connectivity index (χ2n) is 12.9. The minimum atomic E-state index is -0.677. The molecule has 0 radical (unpaired) electrons. The molecule has 194 valence electrons. The summed E-state index contributed by atoms with van der Waals surface area (Å²) in [4.78, 5) is 36.7. The second-order valence-corrected chi connectivity index (χ2v) is 12.9. The van der Waals surface area contributed by atoms with E-state index in [2.05, 4.69) is 27.7 Å². The van der Waals surface area contributed by atoms with Gasteiger partial charge in [0.05, 0.1) is 6.10 Å². The van der Waals surface area contributed by atoms with E-state index in [1.807, 2.05) is 6.08 Å². The molecule has 0 saturated heterocycles. The van der Waals surface area contributed by atoms with Crippen LogP contribution < -0.4 is 0 Å². The average Bonchev–Trinajstić information content (AvgIpc) is 2.67. The molecule has 35 heavy (non-hydrogen) atoms. The number of esters is 2. The third-order valence-electron chi connectivity index (χ3n) is 9.68. The number of ketones is 1. The smallest absolute Gasteiger partial charge is 0.303 e. The van der Waals surface area contributed by atoms with Crippen LogP contribution in [0.5, 0.6) is 0 Å². The Kier molecular flexibility index (Phi) is 6.61. The van der Waals surface area contributed by atoms with E-state index >= 15 is 0 Å². The van der Waals surface area contributed by atoms with Crippen molar-refractivity contribution in [3.05, 3.63) is 23.3 Å². The Morgan fingerprint density at radius 2 is 1.66 bits per heavy atom. The number of allylic oxidation sites excluding steroid dienone is 1. The van der Waals surface area contributed by atoms with Crippen LogP contribution in [-0.4, -0.2) is 41.1 Å². The highest BCUT2D eigenvalue weighted by atomic mass is 16.5. The number of carbonyl (C=O) groups excluding carboxylic acids is 3. The number of carbonyl (C=O) groups is 3. The predicted molar refractivity (Wildman–Crippen MR) is 132 cm³/mol. The lowest BCUT2D eigenvalue weighted by Gasteiger charge is -2.66. The second kappa shape index (κ2) is 8.86. The zero-order chi connectivity index (χ0) is 25.9. The first-order valence-corrected chi connectivity index (χ1v) is 13.1. The number of rotatable bonds is 3. The van der Waals surface area contributed by atoms with Crippen LogP contribution in [0.25, 0.3) is 0 Å². The first kappa shape index (κ1) is 26.1. The molecule has 0 unspecified atom stereocenters. The van der Waals surface area contributed by atoms with Gasteiger partial charge in [0.25, 0.3) is 0 Å². The molecule has 0 amide bonds. The van der Waals surface area contributed by atoms with Gasteiger partial charge in [0.2, 0.25) is 0 Å². The molecule has 4 aliphatic rings. The van der Waals surface area contributed by atoms with E-state index in [9.17, 15) is 19.5 Å². The van der Waals surface area contributed by atoms with Gasteiger partial charge in [-0.15, -0.1) is 0 Å². The van der Waals surface area contributed by atoms with Gasteiger partial charge < -0.3 is 14.6 Å². The van der Waals surface area contributed by atoms with Gasteiger partial charge in [-0.2, -0.15) is 0 Å².